The van der Waals surface area contributed by atoms with Crippen LogP contribution >= 0.6 is 0 Å². The first-order valence-electron chi connectivity index (χ1n) is 6.57. The molecule has 1 aromatic rings. The van der Waals surface area contributed by atoms with E-state index in [-0.39, 0.29) is 11.9 Å². The first-order valence-corrected chi connectivity index (χ1v) is 6.57. The maximum absolute atomic E-state index is 11.7. The van der Waals surface area contributed by atoms with E-state index in [4.69, 9.17) is 10.8 Å². The molecule has 0 aliphatic heterocycles. The summed E-state index contributed by atoms with van der Waals surface area (Å²) in [6.07, 6.45) is 4.64. The second-order valence-electron chi connectivity index (χ2n) is 4.59. The minimum absolute atomic E-state index is 0.111. The van der Waals surface area contributed by atoms with Crippen molar-refractivity contribution in [3.05, 3.63) is 35.9 Å². The zero-order valence-corrected chi connectivity index (χ0v) is 11.5. The monoisotopic (exact) mass is 276 g/mol. The molecule has 0 aromatic heterocycles. The number of carboxylic acids is 1. The van der Waals surface area contributed by atoms with Gasteiger partial charge < -0.3 is 16.2 Å². The van der Waals surface area contributed by atoms with E-state index >= 15 is 0 Å². The van der Waals surface area contributed by atoms with Gasteiger partial charge in [0.05, 0.1) is 0 Å². The van der Waals surface area contributed by atoms with E-state index in [0.29, 0.717) is 12.1 Å². The van der Waals surface area contributed by atoms with Crippen LogP contribution in [0, 0.1) is 0 Å². The molecule has 1 unspecified atom stereocenters. The molecule has 1 amide bonds. The molecule has 0 aliphatic carbocycles. The van der Waals surface area contributed by atoms with Crippen molar-refractivity contribution in [1.82, 2.24) is 0 Å². The lowest BCUT2D eigenvalue weighted by Crippen LogP contribution is -2.26. The van der Waals surface area contributed by atoms with Crippen molar-refractivity contribution in [2.24, 2.45) is 5.73 Å². The molecule has 1 aromatic carbocycles. The molecule has 0 fully saturated rings. The molecule has 1 rings (SSSR count). The lowest BCUT2D eigenvalue weighted by Gasteiger charge is -2.10. The van der Waals surface area contributed by atoms with Gasteiger partial charge in [0.2, 0.25) is 5.91 Å². The predicted octanol–water partition coefficient (Wildman–Crippen LogP) is 2.24. The Balaban J connectivity index is 2.52. The van der Waals surface area contributed by atoms with Crippen LogP contribution in [0.2, 0.25) is 0 Å². The standard InChI is InChI=1S/C15H20N2O3/c1-2-3-12(16)10-14(18)17-13-7-4-11(5-8-13)6-9-15(19)20/h4-9,12H,2-3,10,16H2,1H3,(H,17,18)(H,19,20)/b9-6+. The van der Waals surface area contributed by atoms with Crippen LogP contribution in [-0.4, -0.2) is 23.0 Å². The molecule has 0 aliphatic rings. The summed E-state index contributed by atoms with van der Waals surface area (Å²) in [6.45, 7) is 2.03. The van der Waals surface area contributed by atoms with Crippen molar-refractivity contribution >= 4 is 23.6 Å². The van der Waals surface area contributed by atoms with E-state index in [1.54, 1.807) is 24.3 Å². The Hall–Kier alpha value is -2.14. The number of nitrogens with two attached hydrogens (primary N) is 1. The van der Waals surface area contributed by atoms with Crippen molar-refractivity contribution in [3.63, 3.8) is 0 Å². The van der Waals surface area contributed by atoms with Crippen LogP contribution in [0.15, 0.2) is 30.3 Å². The van der Waals surface area contributed by atoms with Crippen LogP contribution in [0.1, 0.15) is 31.7 Å². The van der Waals surface area contributed by atoms with Gasteiger partial charge in [-0.1, -0.05) is 25.5 Å². The van der Waals surface area contributed by atoms with E-state index in [2.05, 4.69) is 5.32 Å². The van der Waals surface area contributed by atoms with E-state index < -0.39 is 5.97 Å². The molecule has 0 spiro atoms. The van der Waals surface area contributed by atoms with E-state index in [1.807, 2.05) is 6.92 Å². The maximum atomic E-state index is 11.7. The van der Waals surface area contributed by atoms with Crippen molar-refractivity contribution in [2.45, 2.75) is 32.2 Å². The Bertz CT molecular complexity index is 480. The number of aliphatic carboxylic acids is 1. The van der Waals surface area contributed by atoms with Gasteiger partial charge in [-0.25, -0.2) is 4.79 Å². The summed E-state index contributed by atoms with van der Waals surface area (Å²) in [5.41, 5.74) is 7.24. The SMILES string of the molecule is CCCC(N)CC(=O)Nc1ccc(/C=C/C(=O)O)cc1. The molecule has 0 saturated carbocycles. The summed E-state index contributed by atoms with van der Waals surface area (Å²) in [5, 5.41) is 11.3. The lowest BCUT2D eigenvalue weighted by atomic mass is 10.1. The average molecular weight is 276 g/mol. The van der Waals surface area contributed by atoms with Gasteiger partial charge in [0, 0.05) is 24.2 Å². The molecule has 5 heteroatoms. The number of hydrogen-bond donors (Lipinski definition) is 3. The molecule has 0 bridgehead atoms. The number of amides is 1. The number of nitrogens with one attached hydrogen (secondary N) is 1. The van der Waals surface area contributed by atoms with E-state index in [1.165, 1.54) is 6.08 Å². The Morgan fingerprint density at radius 3 is 2.55 bits per heavy atom. The van der Waals surface area contributed by atoms with Gasteiger partial charge in [0.25, 0.3) is 0 Å². The van der Waals surface area contributed by atoms with E-state index in [0.717, 1.165) is 24.5 Å². The maximum Gasteiger partial charge on any atom is 0.328 e. The van der Waals surface area contributed by atoms with Gasteiger partial charge in [-0.05, 0) is 30.2 Å². The zero-order valence-electron chi connectivity index (χ0n) is 11.5. The number of benzene rings is 1. The first kappa shape index (κ1) is 15.9. The van der Waals surface area contributed by atoms with Crippen LogP contribution in [-0.2, 0) is 9.59 Å². The fourth-order valence-electron chi connectivity index (χ4n) is 1.77. The lowest BCUT2D eigenvalue weighted by molar-refractivity contribution is -0.131. The van der Waals surface area contributed by atoms with Crippen molar-refractivity contribution in [1.29, 1.82) is 0 Å². The molecule has 5 nitrogen and oxygen atoms in total. The largest absolute Gasteiger partial charge is 0.478 e. The van der Waals surface area contributed by atoms with Crippen LogP contribution < -0.4 is 11.1 Å². The van der Waals surface area contributed by atoms with Gasteiger partial charge in [-0.3, -0.25) is 4.79 Å². The topological polar surface area (TPSA) is 92.4 Å². The highest BCUT2D eigenvalue weighted by Crippen LogP contribution is 2.11. The van der Waals surface area contributed by atoms with Crippen molar-refractivity contribution in [3.8, 4) is 0 Å². The van der Waals surface area contributed by atoms with Crippen molar-refractivity contribution < 1.29 is 14.7 Å². The predicted molar refractivity (Wildman–Crippen MR) is 79.2 cm³/mol. The van der Waals surface area contributed by atoms with Gasteiger partial charge in [0.1, 0.15) is 0 Å². The number of hydrogen-bond acceptors (Lipinski definition) is 3. The molecule has 4 N–H and O–H groups in total. The molecule has 1 atom stereocenters. The summed E-state index contributed by atoms with van der Waals surface area (Å²) in [5.74, 6) is -1.10. The summed E-state index contributed by atoms with van der Waals surface area (Å²) < 4.78 is 0. The number of carboxylic acid groups (broad SMARTS) is 1. The fraction of sp³-hybridized carbons (Fsp3) is 0.333. The highest BCUT2D eigenvalue weighted by Gasteiger charge is 2.08. The Morgan fingerprint density at radius 2 is 2.00 bits per heavy atom. The Kier molecular flexibility index (Phi) is 6.46. The molecular weight excluding hydrogens is 256 g/mol. The molecule has 0 heterocycles. The number of carbonyl (C=O) groups excluding carboxylic acids is 1. The second kappa shape index (κ2) is 8.12. The molecule has 0 saturated heterocycles. The fourth-order valence-corrected chi connectivity index (χ4v) is 1.77. The normalized spacial score (nSPS) is 12.3. The van der Waals surface area contributed by atoms with Crippen LogP contribution in [0.5, 0.6) is 0 Å². The minimum Gasteiger partial charge on any atom is -0.478 e. The van der Waals surface area contributed by atoms with Crippen LogP contribution in [0.3, 0.4) is 0 Å². The molecule has 0 radical (unpaired) electrons. The second-order valence-corrected chi connectivity index (χ2v) is 4.59. The smallest absolute Gasteiger partial charge is 0.328 e. The van der Waals surface area contributed by atoms with E-state index in [9.17, 15) is 9.59 Å². The highest BCUT2D eigenvalue weighted by molar-refractivity contribution is 5.91. The number of rotatable bonds is 7. The van der Waals surface area contributed by atoms with Crippen LogP contribution in [0.25, 0.3) is 6.08 Å². The van der Waals surface area contributed by atoms with Gasteiger partial charge in [-0.2, -0.15) is 0 Å². The van der Waals surface area contributed by atoms with Gasteiger partial charge in [-0.15, -0.1) is 0 Å². The Morgan fingerprint density at radius 1 is 1.35 bits per heavy atom. The Labute approximate surface area is 118 Å². The minimum atomic E-state index is -0.993. The number of anilines is 1. The summed E-state index contributed by atoms with van der Waals surface area (Å²) in [4.78, 5) is 22.1. The third-order valence-corrected chi connectivity index (χ3v) is 2.72. The summed E-state index contributed by atoms with van der Waals surface area (Å²) in [6, 6.07) is 6.81. The van der Waals surface area contributed by atoms with Gasteiger partial charge in [0.15, 0.2) is 0 Å². The average Bonchev–Trinajstić information content (AvgIpc) is 2.37. The highest BCUT2D eigenvalue weighted by atomic mass is 16.4. The molecular formula is C15H20N2O3. The van der Waals surface area contributed by atoms with Crippen molar-refractivity contribution in [2.75, 3.05) is 5.32 Å². The van der Waals surface area contributed by atoms with Crippen LogP contribution in [0.4, 0.5) is 5.69 Å². The molecule has 20 heavy (non-hydrogen) atoms. The summed E-state index contributed by atoms with van der Waals surface area (Å²) in [7, 11) is 0. The summed E-state index contributed by atoms with van der Waals surface area (Å²) >= 11 is 0. The zero-order chi connectivity index (χ0) is 15.0. The third kappa shape index (κ3) is 6.15. The quantitative estimate of drug-likeness (QED) is 0.666. The molecule has 108 valence electrons. The first-order chi connectivity index (χ1) is 9.51. The number of carbonyl (C=O) groups is 2. The third-order valence-electron chi connectivity index (χ3n) is 2.72. The van der Waals surface area contributed by atoms with Gasteiger partial charge >= 0.3 is 5.97 Å².